The van der Waals surface area contributed by atoms with Crippen LogP contribution in [0.1, 0.15) is 15.9 Å². The minimum absolute atomic E-state index is 0.218. The van der Waals surface area contributed by atoms with Crippen LogP contribution in [0.2, 0.25) is 0 Å². The highest BCUT2D eigenvalue weighted by Gasteiger charge is 2.13. The van der Waals surface area contributed by atoms with Crippen LogP contribution in [0.15, 0.2) is 85.2 Å². The van der Waals surface area contributed by atoms with E-state index in [1.165, 1.54) is 36.4 Å². The van der Waals surface area contributed by atoms with Crippen molar-refractivity contribution in [1.82, 2.24) is 15.3 Å². The van der Waals surface area contributed by atoms with Gasteiger partial charge in [0.15, 0.2) is 0 Å². The lowest BCUT2D eigenvalue weighted by atomic mass is 10.2. The van der Waals surface area contributed by atoms with Gasteiger partial charge in [0.1, 0.15) is 23.2 Å². The van der Waals surface area contributed by atoms with Gasteiger partial charge in [0, 0.05) is 30.7 Å². The molecule has 2 aromatic carbocycles. The summed E-state index contributed by atoms with van der Waals surface area (Å²) in [7, 11) is 0. The highest BCUT2D eigenvalue weighted by atomic mass is 19.1. The molecule has 0 saturated carbocycles. The zero-order chi connectivity index (χ0) is 22.3. The fourth-order valence-electron chi connectivity index (χ4n) is 2.91. The number of anilines is 2. The van der Waals surface area contributed by atoms with Crippen LogP contribution in [-0.4, -0.2) is 15.9 Å². The van der Waals surface area contributed by atoms with Crippen molar-refractivity contribution in [3.8, 4) is 11.6 Å². The first-order chi connectivity index (χ1) is 15.6. The molecule has 0 atom stereocenters. The van der Waals surface area contributed by atoms with E-state index in [4.69, 9.17) is 4.74 Å². The van der Waals surface area contributed by atoms with Gasteiger partial charge < -0.3 is 15.4 Å². The first kappa shape index (κ1) is 20.9. The number of nitrogens with zero attached hydrogens (tertiary/aromatic N) is 2. The molecule has 2 heterocycles. The number of hydrogen-bond donors (Lipinski definition) is 2. The summed E-state index contributed by atoms with van der Waals surface area (Å²) in [6.07, 6.45) is 3.10. The minimum atomic E-state index is -0.395. The SMILES string of the molecule is O=C(NCc1ccnc(Oc2ccc(F)cc2)c1)c1cccnc1Nc1cccc(F)c1. The highest BCUT2D eigenvalue weighted by molar-refractivity contribution is 5.99. The Hall–Kier alpha value is -4.33. The number of amides is 1. The van der Waals surface area contributed by atoms with Crippen molar-refractivity contribution in [2.75, 3.05) is 5.32 Å². The number of carbonyl (C=O) groups is 1. The van der Waals surface area contributed by atoms with Gasteiger partial charge in [-0.2, -0.15) is 0 Å². The third-order valence-corrected chi connectivity index (χ3v) is 4.43. The van der Waals surface area contributed by atoms with Crippen LogP contribution >= 0.6 is 0 Å². The number of pyridine rings is 2. The maximum absolute atomic E-state index is 13.5. The third-order valence-electron chi connectivity index (χ3n) is 4.43. The van der Waals surface area contributed by atoms with E-state index in [1.54, 1.807) is 48.8 Å². The number of ether oxygens (including phenoxy) is 1. The van der Waals surface area contributed by atoms with Gasteiger partial charge in [-0.15, -0.1) is 0 Å². The molecule has 0 radical (unpaired) electrons. The summed E-state index contributed by atoms with van der Waals surface area (Å²) in [4.78, 5) is 21.1. The van der Waals surface area contributed by atoms with Crippen molar-refractivity contribution in [2.45, 2.75) is 6.54 Å². The van der Waals surface area contributed by atoms with Crippen molar-refractivity contribution in [2.24, 2.45) is 0 Å². The Morgan fingerprint density at radius 3 is 2.53 bits per heavy atom. The van der Waals surface area contributed by atoms with Gasteiger partial charge in [-0.05, 0) is 66.2 Å². The molecule has 2 aromatic heterocycles. The molecular weight excluding hydrogens is 414 g/mol. The Morgan fingerprint density at radius 2 is 1.72 bits per heavy atom. The fourth-order valence-corrected chi connectivity index (χ4v) is 2.91. The van der Waals surface area contributed by atoms with Gasteiger partial charge in [-0.3, -0.25) is 4.79 Å². The van der Waals surface area contributed by atoms with Crippen LogP contribution in [0.3, 0.4) is 0 Å². The van der Waals surface area contributed by atoms with Crippen molar-refractivity contribution >= 4 is 17.4 Å². The summed E-state index contributed by atoms with van der Waals surface area (Å²) < 4.78 is 32.1. The Morgan fingerprint density at radius 1 is 0.875 bits per heavy atom. The summed E-state index contributed by atoms with van der Waals surface area (Å²) >= 11 is 0. The van der Waals surface area contributed by atoms with Crippen molar-refractivity contribution in [1.29, 1.82) is 0 Å². The van der Waals surface area contributed by atoms with Crippen molar-refractivity contribution in [3.05, 3.63) is 108 Å². The molecule has 1 amide bonds. The summed E-state index contributed by atoms with van der Waals surface area (Å²) in [6, 6.07) is 18.2. The number of halogens is 2. The molecule has 0 aliphatic rings. The predicted molar refractivity (Wildman–Crippen MR) is 116 cm³/mol. The molecule has 0 bridgehead atoms. The van der Waals surface area contributed by atoms with E-state index in [0.29, 0.717) is 28.7 Å². The summed E-state index contributed by atoms with van der Waals surface area (Å²) in [6.45, 7) is 0.218. The lowest BCUT2D eigenvalue weighted by Crippen LogP contribution is -2.24. The Labute approximate surface area is 182 Å². The Bertz CT molecular complexity index is 1230. The molecule has 0 aliphatic heterocycles. The number of benzene rings is 2. The molecule has 2 N–H and O–H groups in total. The van der Waals surface area contributed by atoms with Crippen LogP contribution in [0.4, 0.5) is 20.3 Å². The van der Waals surface area contributed by atoms with Crippen LogP contribution in [0, 0.1) is 11.6 Å². The van der Waals surface area contributed by atoms with E-state index in [-0.39, 0.29) is 18.3 Å². The largest absolute Gasteiger partial charge is 0.439 e. The maximum atomic E-state index is 13.5. The second kappa shape index (κ2) is 9.65. The average molecular weight is 432 g/mol. The normalized spacial score (nSPS) is 10.4. The monoisotopic (exact) mass is 432 g/mol. The minimum Gasteiger partial charge on any atom is -0.439 e. The summed E-state index contributed by atoms with van der Waals surface area (Å²) in [5.74, 6) is -0.0288. The second-order valence-electron chi connectivity index (χ2n) is 6.78. The Kier molecular flexibility index (Phi) is 6.31. The highest BCUT2D eigenvalue weighted by Crippen LogP contribution is 2.21. The fraction of sp³-hybridized carbons (Fsp3) is 0.0417. The van der Waals surface area contributed by atoms with Gasteiger partial charge in [-0.1, -0.05) is 6.07 Å². The average Bonchev–Trinajstić information content (AvgIpc) is 2.80. The van der Waals surface area contributed by atoms with Gasteiger partial charge in [0.25, 0.3) is 5.91 Å². The van der Waals surface area contributed by atoms with Crippen molar-refractivity contribution in [3.63, 3.8) is 0 Å². The molecule has 0 spiro atoms. The molecule has 8 heteroatoms. The van der Waals surface area contributed by atoms with Crippen LogP contribution in [-0.2, 0) is 6.54 Å². The third kappa shape index (κ3) is 5.42. The van der Waals surface area contributed by atoms with Gasteiger partial charge in [-0.25, -0.2) is 18.7 Å². The van der Waals surface area contributed by atoms with E-state index in [9.17, 15) is 13.6 Å². The number of rotatable bonds is 7. The number of hydrogen-bond acceptors (Lipinski definition) is 5. The molecule has 160 valence electrons. The topological polar surface area (TPSA) is 76.1 Å². The van der Waals surface area contributed by atoms with E-state index in [2.05, 4.69) is 20.6 Å². The molecule has 0 aliphatic carbocycles. The van der Waals surface area contributed by atoms with E-state index in [0.717, 1.165) is 5.56 Å². The van der Waals surface area contributed by atoms with E-state index in [1.807, 2.05) is 0 Å². The molecule has 0 fully saturated rings. The van der Waals surface area contributed by atoms with Gasteiger partial charge in [0.2, 0.25) is 5.88 Å². The van der Waals surface area contributed by atoms with Crippen molar-refractivity contribution < 1.29 is 18.3 Å². The van der Waals surface area contributed by atoms with Crippen LogP contribution in [0.25, 0.3) is 0 Å². The number of nitrogens with one attached hydrogen (secondary N) is 2. The quantitative estimate of drug-likeness (QED) is 0.419. The zero-order valence-electron chi connectivity index (χ0n) is 16.8. The van der Waals surface area contributed by atoms with Crippen LogP contribution in [0.5, 0.6) is 11.6 Å². The standard InChI is InChI=1S/C24H18F2N4O2/c25-17-6-8-20(9-7-17)32-22-13-16(10-12-27-22)15-29-24(31)21-5-2-11-28-23(21)30-19-4-1-3-18(26)14-19/h1-14H,15H2,(H,28,30)(H,29,31). The number of aromatic nitrogens is 2. The molecule has 0 saturated heterocycles. The molecule has 32 heavy (non-hydrogen) atoms. The van der Waals surface area contributed by atoms with E-state index < -0.39 is 5.82 Å². The van der Waals surface area contributed by atoms with Gasteiger partial charge >= 0.3 is 0 Å². The lowest BCUT2D eigenvalue weighted by Gasteiger charge is -2.12. The molecule has 6 nitrogen and oxygen atoms in total. The smallest absolute Gasteiger partial charge is 0.255 e. The first-order valence-corrected chi connectivity index (χ1v) is 9.71. The number of carbonyl (C=O) groups excluding carboxylic acids is 1. The molecule has 4 rings (SSSR count). The first-order valence-electron chi connectivity index (χ1n) is 9.71. The molecule has 4 aromatic rings. The molecular formula is C24H18F2N4O2. The molecule has 0 unspecified atom stereocenters. The predicted octanol–water partition coefficient (Wildman–Crippen LogP) is 5.22. The van der Waals surface area contributed by atoms with Crippen LogP contribution < -0.4 is 15.4 Å². The van der Waals surface area contributed by atoms with Gasteiger partial charge in [0.05, 0.1) is 5.56 Å². The summed E-state index contributed by atoms with van der Waals surface area (Å²) in [5, 5.41) is 5.79. The zero-order valence-corrected chi connectivity index (χ0v) is 16.8. The lowest BCUT2D eigenvalue weighted by molar-refractivity contribution is 0.0951. The van der Waals surface area contributed by atoms with E-state index >= 15 is 0 Å². The summed E-state index contributed by atoms with van der Waals surface area (Å²) in [5.41, 5.74) is 1.55. The maximum Gasteiger partial charge on any atom is 0.255 e. The Balaban J connectivity index is 1.42. The second-order valence-corrected chi connectivity index (χ2v) is 6.78.